The molecule has 3 aromatic rings. The van der Waals surface area contributed by atoms with Crippen molar-refractivity contribution < 1.29 is 22.4 Å². The average Bonchev–Trinajstić information content (AvgIpc) is 3.49. The Hall–Kier alpha value is -2.50. The second-order valence-electron chi connectivity index (χ2n) is 7.39. The van der Waals surface area contributed by atoms with E-state index in [-0.39, 0.29) is 17.3 Å². The van der Waals surface area contributed by atoms with Crippen LogP contribution in [0, 0.1) is 0 Å². The molecule has 8 nitrogen and oxygen atoms in total. The number of hydrogen-bond donors (Lipinski definition) is 1. The summed E-state index contributed by atoms with van der Waals surface area (Å²) >= 11 is 1.64. The fourth-order valence-corrected chi connectivity index (χ4v) is 5.62. The van der Waals surface area contributed by atoms with Crippen LogP contribution in [-0.4, -0.2) is 56.4 Å². The highest BCUT2D eigenvalue weighted by atomic mass is 32.2. The first-order chi connectivity index (χ1) is 15.5. The minimum Gasteiger partial charge on any atom is -0.468 e. The van der Waals surface area contributed by atoms with Gasteiger partial charge in [-0.05, 0) is 47.8 Å². The van der Waals surface area contributed by atoms with Gasteiger partial charge in [-0.1, -0.05) is 6.07 Å². The van der Waals surface area contributed by atoms with Gasteiger partial charge in [-0.3, -0.25) is 9.69 Å². The zero-order valence-electron chi connectivity index (χ0n) is 17.5. The van der Waals surface area contributed by atoms with E-state index in [0.29, 0.717) is 45.1 Å². The van der Waals surface area contributed by atoms with E-state index in [4.69, 9.17) is 9.15 Å². The quantitative estimate of drug-likeness (QED) is 0.512. The van der Waals surface area contributed by atoms with E-state index in [0.717, 1.165) is 10.6 Å². The molecule has 1 saturated heterocycles. The number of amides is 1. The number of ether oxygens (including phenoxy) is 1. The first kappa shape index (κ1) is 22.7. The van der Waals surface area contributed by atoms with E-state index in [1.807, 2.05) is 34.5 Å². The normalized spacial score (nSPS) is 15.2. The van der Waals surface area contributed by atoms with Gasteiger partial charge in [0.25, 0.3) is 0 Å². The van der Waals surface area contributed by atoms with Crippen molar-refractivity contribution in [3.8, 4) is 0 Å². The van der Waals surface area contributed by atoms with Crippen LogP contribution in [0.5, 0.6) is 0 Å². The van der Waals surface area contributed by atoms with Crippen LogP contribution < -0.4 is 5.32 Å². The highest BCUT2D eigenvalue weighted by Crippen LogP contribution is 2.20. The largest absolute Gasteiger partial charge is 0.468 e. The fraction of sp³-hybridized carbons (Fsp3) is 0.318. The van der Waals surface area contributed by atoms with Gasteiger partial charge < -0.3 is 14.5 Å². The molecular weight excluding hydrogens is 450 g/mol. The molecule has 1 N–H and O–H groups in total. The number of nitrogens with zero attached hydrogens (tertiary/aromatic N) is 2. The molecule has 0 saturated carbocycles. The van der Waals surface area contributed by atoms with Crippen molar-refractivity contribution in [3.63, 3.8) is 0 Å². The molecule has 32 heavy (non-hydrogen) atoms. The third-order valence-corrected chi connectivity index (χ3v) is 7.81. The number of rotatable bonds is 9. The second-order valence-corrected chi connectivity index (χ2v) is 10.4. The van der Waals surface area contributed by atoms with E-state index < -0.39 is 10.0 Å². The Bertz CT molecular complexity index is 1050. The molecule has 1 aliphatic heterocycles. The first-order valence-electron chi connectivity index (χ1n) is 10.3. The van der Waals surface area contributed by atoms with Crippen molar-refractivity contribution in [2.75, 3.05) is 38.2 Å². The zero-order valence-corrected chi connectivity index (χ0v) is 19.1. The summed E-state index contributed by atoms with van der Waals surface area (Å²) in [4.78, 5) is 16.0. The number of carbonyl (C=O) groups excluding carboxylic acids is 1. The topological polar surface area (TPSA) is 92.1 Å². The van der Waals surface area contributed by atoms with Gasteiger partial charge >= 0.3 is 0 Å². The summed E-state index contributed by atoms with van der Waals surface area (Å²) < 4.78 is 37.6. The van der Waals surface area contributed by atoms with Crippen molar-refractivity contribution >= 4 is 33.0 Å². The van der Waals surface area contributed by atoms with Crippen LogP contribution in [0.25, 0.3) is 0 Å². The number of benzene rings is 1. The molecule has 1 aliphatic rings. The maximum Gasteiger partial charge on any atom is 0.243 e. The number of sulfonamides is 1. The highest BCUT2D eigenvalue weighted by molar-refractivity contribution is 7.89. The van der Waals surface area contributed by atoms with Crippen LogP contribution in [0.3, 0.4) is 0 Å². The molecule has 0 atom stereocenters. The lowest BCUT2D eigenvalue weighted by Crippen LogP contribution is -2.40. The summed E-state index contributed by atoms with van der Waals surface area (Å²) in [6, 6.07) is 14.0. The van der Waals surface area contributed by atoms with Gasteiger partial charge in [0.1, 0.15) is 5.76 Å². The summed E-state index contributed by atoms with van der Waals surface area (Å²) in [5, 5.41) is 4.86. The molecule has 0 spiro atoms. The lowest BCUT2D eigenvalue weighted by Gasteiger charge is -2.26. The van der Waals surface area contributed by atoms with E-state index in [2.05, 4.69) is 5.32 Å². The van der Waals surface area contributed by atoms with Crippen LogP contribution >= 0.6 is 11.3 Å². The summed E-state index contributed by atoms with van der Waals surface area (Å²) in [6.07, 6.45) is 1.62. The van der Waals surface area contributed by atoms with E-state index >= 15 is 0 Å². The molecule has 170 valence electrons. The van der Waals surface area contributed by atoms with Gasteiger partial charge in [0.15, 0.2) is 0 Å². The van der Waals surface area contributed by atoms with Crippen LogP contribution in [0.1, 0.15) is 10.6 Å². The molecule has 10 heteroatoms. The van der Waals surface area contributed by atoms with Gasteiger partial charge in [0, 0.05) is 30.2 Å². The van der Waals surface area contributed by atoms with Gasteiger partial charge in [0.05, 0.1) is 37.5 Å². The average molecular weight is 476 g/mol. The lowest BCUT2D eigenvalue weighted by molar-refractivity contribution is -0.117. The maximum absolute atomic E-state index is 12.7. The Morgan fingerprint density at radius 3 is 2.50 bits per heavy atom. The monoisotopic (exact) mass is 475 g/mol. The maximum atomic E-state index is 12.7. The number of nitrogens with one attached hydrogen (secondary N) is 1. The first-order valence-corrected chi connectivity index (χ1v) is 12.6. The van der Waals surface area contributed by atoms with Gasteiger partial charge in [-0.25, -0.2) is 8.42 Å². The fourth-order valence-electron chi connectivity index (χ4n) is 3.46. The predicted octanol–water partition coefficient (Wildman–Crippen LogP) is 3.00. The predicted molar refractivity (Wildman–Crippen MR) is 122 cm³/mol. The number of thiophene rings is 1. The van der Waals surface area contributed by atoms with Crippen molar-refractivity contribution in [1.29, 1.82) is 0 Å². The molecule has 3 heterocycles. The SMILES string of the molecule is O=C(CN(Cc1ccco1)Cc1cccs1)Nc1ccc(S(=O)(=O)N2CCOCC2)cc1. The molecule has 0 bridgehead atoms. The third-order valence-electron chi connectivity index (χ3n) is 5.03. The van der Waals surface area contributed by atoms with E-state index in [9.17, 15) is 13.2 Å². The molecule has 1 aromatic carbocycles. The number of hydrogen-bond acceptors (Lipinski definition) is 7. The molecule has 0 aliphatic carbocycles. The zero-order chi connectivity index (χ0) is 22.4. The highest BCUT2D eigenvalue weighted by Gasteiger charge is 2.26. The molecule has 0 unspecified atom stereocenters. The number of anilines is 1. The van der Waals surface area contributed by atoms with Crippen molar-refractivity contribution in [2.24, 2.45) is 0 Å². The molecular formula is C22H25N3O5S2. The summed E-state index contributed by atoms with van der Waals surface area (Å²) in [5.74, 6) is 0.601. The van der Waals surface area contributed by atoms with E-state index in [1.165, 1.54) is 16.4 Å². The van der Waals surface area contributed by atoms with Crippen molar-refractivity contribution in [1.82, 2.24) is 9.21 Å². The smallest absolute Gasteiger partial charge is 0.243 e. The molecule has 0 radical (unpaired) electrons. The molecule has 4 rings (SSSR count). The number of furan rings is 1. The third kappa shape index (κ3) is 5.84. The Labute approximate surface area is 191 Å². The van der Waals surface area contributed by atoms with Crippen LogP contribution in [0.15, 0.2) is 69.5 Å². The molecule has 1 amide bonds. The van der Waals surface area contributed by atoms with Gasteiger partial charge in [-0.15, -0.1) is 11.3 Å². The Morgan fingerprint density at radius 2 is 1.84 bits per heavy atom. The van der Waals surface area contributed by atoms with E-state index in [1.54, 1.807) is 29.7 Å². The lowest BCUT2D eigenvalue weighted by atomic mass is 10.3. The van der Waals surface area contributed by atoms with Crippen molar-refractivity contribution in [3.05, 3.63) is 70.8 Å². The number of carbonyl (C=O) groups is 1. The minimum absolute atomic E-state index is 0.173. The van der Waals surface area contributed by atoms with Crippen LogP contribution in [0.2, 0.25) is 0 Å². The summed E-state index contributed by atoms with van der Waals surface area (Å²) in [5.41, 5.74) is 0.546. The van der Waals surface area contributed by atoms with Gasteiger partial charge in [0.2, 0.25) is 15.9 Å². The summed E-state index contributed by atoms with van der Waals surface area (Å²) in [7, 11) is -3.56. The minimum atomic E-state index is -3.56. The number of morpholine rings is 1. The van der Waals surface area contributed by atoms with Crippen molar-refractivity contribution in [2.45, 2.75) is 18.0 Å². The Morgan fingerprint density at radius 1 is 1.06 bits per heavy atom. The molecule has 2 aromatic heterocycles. The van der Waals surface area contributed by atoms with Crippen LogP contribution in [-0.2, 0) is 32.6 Å². The Balaban J connectivity index is 1.38. The Kier molecular flexibility index (Phi) is 7.38. The molecule has 1 fully saturated rings. The standard InChI is InChI=1S/C22H25N3O5S2/c26-22(17-24(15-19-3-1-11-30-19)16-20-4-2-14-31-20)23-18-5-7-21(8-6-18)32(27,28)25-9-12-29-13-10-25/h1-8,11,14H,9-10,12-13,15-17H2,(H,23,26). The van der Waals surface area contributed by atoms with Crippen LogP contribution in [0.4, 0.5) is 5.69 Å². The summed E-state index contributed by atoms with van der Waals surface area (Å²) in [6.45, 7) is 2.79. The second kappa shape index (κ2) is 10.4. The van der Waals surface area contributed by atoms with Gasteiger partial charge in [-0.2, -0.15) is 4.31 Å².